The molecule has 0 amide bonds. The Labute approximate surface area is 136 Å². The Morgan fingerprint density at radius 1 is 1.00 bits per heavy atom. The Hall–Kier alpha value is -1.80. The van der Waals surface area contributed by atoms with Crippen molar-refractivity contribution in [2.75, 3.05) is 0 Å². The minimum atomic E-state index is -0.100. The molecule has 0 saturated heterocycles. The minimum absolute atomic E-state index is 0.100. The van der Waals surface area contributed by atoms with Gasteiger partial charge in [-0.3, -0.25) is 0 Å². The highest BCUT2D eigenvalue weighted by Gasteiger charge is 2.18. The van der Waals surface area contributed by atoms with E-state index >= 15 is 0 Å². The molecule has 0 aliphatic carbocycles. The molecule has 114 valence electrons. The molecule has 1 unspecified atom stereocenters. The molecule has 22 heavy (non-hydrogen) atoms. The van der Waals surface area contributed by atoms with E-state index in [9.17, 15) is 0 Å². The van der Waals surface area contributed by atoms with E-state index in [1.165, 1.54) is 11.1 Å². The first-order chi connectivity index (χ1) is 10.5. The molecular formula is C19H21ClN2. The number of rotatable bonds is 3. The van der Waals surface area contributed by atoms with Crippen LogP contribution in [0.4, 0.5) is 0 Å². The number of aromatic nitrogens is 2. The van der Waals surface area contributed by atoms with E-state index in [0.29, 0.717) is 5.92 Å². The van der Waals surface area contributed by atoms with Crippen molar-refractivity contribution in [3.05, 3.63) is 59.4 Å². The van der Waals surface area contributed by atoms with Crippen molar-refractivity contribution in [2.24, 2.45) is 0 Å². The first-order valence-corrected chi connectivity index (χ1v) is 8.14. The molecule has 0 saturated carbocycles. The lowest BCUT2D eigenvalue weighted by Gasteiger charge is -2.09. The van der Waals surface area contributed by atoms with Gasteiger partial charge in [-0.2, -0.15) is 0 Å². The largest absolute Gasteiger partial charge is 0.302 e. The van der Waals surface area contributed by atoms with Gasteiger partial charge < -0.3 is 4.40 Å². The maximum absolute atomic E-state index is 6.45. The summed E-state index contributed by atoms with van der Waals surface area (Å²) in [6, 6.07) is 12.8. The zero-order chi connectivity index (χ0) is 15.9. The number of hydrogen-bond donors (Lipinski definition) is 0. The highest BCUT2D eigenvalue weighted by Crippen LogP contribution is 2.32. The van der Waals surface area contributed by atoms with Crippen LogP contribution in [0.15, 0.2) is 42.6 Å². The van der Waals surface area contributed by atoms with E-state index in [1.807, 2.05) is 13.0 Å². The molecule has 3 rings (SSSR count). The Morgan fingerprint density at radius 2 is 1.68 bits per heavy atom. The first kappa shape index (κ1) is 15.1. The van der Waals surface area contributed by atoms with Crippen molar-refractivity contribution in [1.29, 1.82) is 0 Å². The summed E-state index contributed by atoms with van der Waals surface area (Å²) >= 11 is 6.45. The minimum Gasteiger partial charge on any atom is -0.302 e. The van der Waals surface area contributed by atoms with Crippen LogP contribution in [0.25, 0.3) is 16.9 Å². The van der Waals surface area contributed by atoms with E-state index in [-0.39, 0.29) is 5.38 Å². The topological polar surface area (TPSA) is 17.3 Å². The third-order valence-corrected chi connectivity index (χ3v) is 4.24. The van der Waals surface area contributed by atoms with E-state index in [4.69, 9.17) is 16.6 Å². The molecule has 2 aromatic heterocycles. The number of imidazole rings is 1. The van der Waals surface area contributed by atoms with E-state index in [1.54, 1.807) is 0 Å². The predicted octanol–water partition coefficient (Wildman–Crippen LogP) is 5.73. The summed E-state index contributed by atoms with van der Waals surface area (Å²) in [5, 5.41) is -0.100. The van der Waals surface area contributed by atoms with Gasteiger partial charge in [0.15, 0.2) is 0 Å². The summed E-state index contributed by atoms with van der Waals surface area (Å²) in [5.41, 5.74) is 6.62. The number of halogens is 1. The number of pyridine rings is 1. The van der Waals surface area contributed by atoms with Gasteiger partial charge in [-0.15, -0.1) is 11.6 Å². The van der Waals surface area contributed by atoms with Crippen molar-refractivity contribution >= 4 is 17.2 Å². The summed E-state index contributed by atoms with van der Waals surface area (Å²) in [6.45, 7) is 8.49. The van der Waals surface area contributed by atoms with Gasteiger partial charge in [0.2, 0.25) is 0 Å². The maximum atomic E-state index is 6.45. The van der Waals surface area contributed by atoms with Crippen LogP contribution in [0.3, 0.4) is 0 Å². The van der Waals surface area contributed by atoms with Gasteiger partial charge in [0.05, 0.1) is 16.8 Å². The maximum Gasteiger partial charge on any atom is 0.137 e. The molecule has 0 fully saturated rings. The van der Waals surface area contributed by atoms with Gasteiger partial charge >= 0.3 is 0 Å². The molecule has 0 aliphatic rings. The Kier molecular flexibility index (Phi) is 3.96. The van der Waals surface area contributed by atoms with Crippen molar-refractivity contribution in [3.8, 4) is 11.3 Å². The molecule has 1 atom stereocenters. The van der Waals surface area contributed by atoms with Crippen LogP contribution in [-0.2, 0) is 0 Å². The molecule has 0 N–H and O–H groups in total. The zero-order valence-electron chi connectivity index (χ0n) is 13.5. The number of fused-ring (bicyclic) bond motifs is 1. The second-order valence-corrected chi connectivity index (χ2v) is 6.83. The summed E-state index contributed by atoms with van der Waals surface area (Å²) in [5.74, 6) is 0.532. The smallest absolute Gasteiger partial charge is 0.137 e. The van der Waals surface area contributed by atoms with Crippen LogP contribution in [0, 0.1) is 6.92 Å². The van der Waals surface area contributed by atoms with Gasteiger partial charge in [-0.05, 0) is 37.0 Å². The Balaban J connectivity index is 2.19. The quantitative estimate of drug-likeness (QED) is 0.564. The van der Waals surface area contributed by atoms with Crippen molar-refractivity contribution in [3.63, 3.8) is 0 Å². The number of aryl methyl sites for hydroxylation is 1. The van der Waals surface area contributed by atoms with Crippen LogP contribution in [-0.4, -0.2) is 9.38 Å². The fourth-order valence-corrected chi connectivity index (χ4v) is 3.00. The van der Waals surface area contributed by atoms with Gasteiger partial charge in [-0.1, -0.05) is 44.2 Å². The monoisotopic (exact) mass is 312 g/mol. The summed E-state index contributed by atoms with van der Waals surface area (Å²) in [6.07, 6.45) is 2.10. The molecule has 3 heteroatoms. The van der Waals surface area contributed by atoms with Crippen LogP contribution >= 0.6 is 11.6 Å². The molecule has 0 aliphatic heterocycles. The SMILES string of the molecule is Cc1ccc2nc(-c3ccc(C(C)C)cc3)c(C(C)Cl)n2c1. The van der Waals surface area contributed by atoms with Crippen LogP contribution < -0.4 is 0 Å². The molecular weight excluding hydrogens is 292 g/mol. The first-order valence-electron chi connectivity index (χ1n) is 7.70. The lowest BCUT2D eigenvalue weighted by Crippen LogP contribution is -1.96. The predicted molar refractivity (Wildman–Crippen MR) is 93.7 cm³/mol. The van der Waals surface area contributed by atoms with Crippen LogP contribution in [0.5, 0.6) is 0 Å². The number of hydrogen-bond acceptors (Lipinski definition) is 1. The fraction of sp³-hybridized carbons (Fsp3) is 0.316. The zero-order valence-corrected chi connectivity index (χ0v) is 14.2. The molecule has 0 spiro atoms. The van der Waals surface area contributed by atoms with Crippen molar-refractivity contribution < 1.29 is 0 Å². The van der Waals surface area contributed by atoms with Crippen molar-refractivity contribution in [1.82, 2.24) is 9.38 Å². The third-order valence-electron chi connectivity index (χ3n) is 4.03. The molecule has 3 aromatic rings. The third kappa shape index (κ3) is 2.64. The molecule has 2 nitrogen and oxygen atoms in total. The Morgan fingerprint density at radius 3 is 2.27 bits per heavy atom. The summed E-state index contributed by atoms with van der Waals surface area (Å²) in [7, 11) is 0. The lowest BCUT2D eigenvalue weighted by atomic mass is 10.00. The van der Waals surface area contributed by atoms with E-state index in [2.05, 4.69) is 61.7 Å². The average Bonchev–Trinajstić information content (AvgIpc) is 2.85. The lowest BCUT2D eigenvalue weighted by molar-refractivity contribution is 0.867. The second kappa shape index (κ2) is 5.77. The molecule has 1 aromatic carbocycles. The number of benzene rings is 1. The standard InChI is InChI=1S/C19H21ClN2/c1-12(2)15-6-8-16(9-7-15)18-19(14(4)20)22-11-13(3)5-10-17(22)21-18/h5-12,14H,1-4H3. The molecule has 2 heterocycles. The number of nitrogens with zero attached hydrogens (tertiary/aromatic N) is 2. The van der Waals surface area contributed by atoms with Crippen LogP contribution in [0.1, 0.15) is 48.9 Å². The average molecular weight is 313 g/mol. The van der Waals surface area contributed by atoms with Crippen LogP contribution in [0.2, 0.25) is 0 Å². The van der Waals surface area contributed by atoms with Crippen molar-refractivity contribution in [2.45, 2.75) is 39.0 Å². The number of alkyl halides is 1. The normalized spacial score (nSPS) is 13.0. The van der Waals surface area contributed by atoms with Gasteiger partial charge in [0, 0.05) is 11.8 Å². The molecule has 0 bridgehead atoms. The summed E-state index contributed by atoms with van der Waals surface area (Å²) < 4.78 is 2.11. The van der Waals surface area contributed by atoms with E-state index < -0.39 is 0 Å². The van der Waals surface area contributed by atoms with Gasteiger partial charge in [0.25, 0.3) is 0 Å². The fourth-order valence-electron chi connectivity index (χ4n) is 2.79. The van der Waals surface area contributed by atoms with E-state index in [0.717, 1.165) is 22.6 Å². The van der Waals surface area contributed by atoms with Gasteiger partial charge in [0.1, 0.15) is 5.65 Å². The Bertz CT molecular complexity index is 798. The van der Waals surface area contributed by atoms with Gasteiger partial charge in [-0.25, -0.2) is 4.98 Å². The summed E-state index contributed by atoms with van der Waals surface area (Å²) in [4.78, 5) is 4.80. The second-order valence-electron chi connectivity index (χ2n) is 6.17. The molecule has 0 radical (unpaired) electrons. The highest BCUT2D eigenvalue weighted by molar-refractivity contribution is 6.20. The highest BCUT2D eigenvalue weighted by atomic mass is 35.5.